The third kappa shape index (κ3) is 2.81. The Labute approximate surface area is 104 Å². The maximum absolute atomic E-state index is 6.09. The first-order valence-electron chi connectivity index (χ1n) is 6.60. The molecule has 94 valence electrons. The minimum Gasteiger partial charge on any atom is -0.491 e. The minimum absolute atomic E-state index is 0.230. The van der Waals surface area contributed by atoms with Crippen molar-refractivity contribution in [3.63, 3.8) is 0 Å². The van der Waals surface area contributed by atoms with Crippen LogP contribution in [0.2, 0.25) is 0 Å². The van der Waals surface area contributed by atoms with Crippen molar-refractivity contribution in [1.82, 2.24) is 0 Å². The molecular weight excluding hydrogens is 210 g/mol. The molecule has 1 aliphatic carbocycles. The lowest BCUT2D eigenvalue weighted by Gasteiger charge is -2.19. The molecule has 0 aliphatic heterocycles. The Kier molecular flexibility index (Phi) is 3.72. The molecule has 1 saturated carbocycles. The zero-order valence-corrected chi connectivity index (χ0v) is 11.0. The highest BCUT2D eigenvalue weighted by Crippen LogP contribution is 2.39. The maximum atomic E-state index is 6.09. The van der Waals surface area contributed by atoms with Gasteiger partial charge in [0.2, 0.25) is 0 Å². The molecule has 0 bridgehead atoms. The number of hydrogen-bond acceptors (Lipinski definition) is 2. The molecule has 1 aromatic rings. The molecule has 0 saturated heterocycles. The third-order valence-electron chi connectivity index (χ3n) is 3.78. The average molecular weight is 233 g/mol. The summed E-state index contributed by atoms with van der Waals surface area (Å²) in [4.78, 5) is 0. The monoisotopic (exact) mass is 233 g/mol. The lowest BCUT2D eigenvalue weighted by atomic mass is 9.89. The second kappa shape index (κ2) is 5.09. The number of ether oxygens (including phenoxy) is 1. The van der Waals surface area contributed by atoms with Crippen LogP contribution in [0.3, 0.4) is 0 Å². The van der Waals surface area contributed by atoms with Crippen LogP contribution in [0, 0.1) is 5.92 Å². The third-order valence-corrected chi connectivity index (χ3v) is 3.78. The van der Waals surface area contributed by atoms with Gasteiger partial charge >= 0.3 is 0 Å². The summed E-state index contributed by atoms with van der Waals surface area (Å²) in [6.07, 6.45) is 2.57. The number of benzene rings is 1. The van der Waals surface area contributed by atoms with Crippen molar-refractivity contribution >= 4 is 0 Å². The standard InChI is InChI=1S/C15H23NO/c1-10(2)17-13-6-4-5-12(9-13)14-7-8-15(16)11(14)3/h4-6,9-11,14-15H,7-8,16H2,1-3H3. The van der Waals surface area contributed by atoms with Crippen molar-refractivity contribution in [1.29, 1.82) is 0 Å². The summed E-state index contributed by atoms with van der Waals surface area (Å²) in [5.41, 5.74) is 7.47. The second-order valence-electron chi connectivity index (χ2n) is 5.45. The van der Waals surface area contributed by atoms with Gasteiger partial charge < -0.3 is 10.5 Å². The molecular formula is C15H23NO. The zero-order chi connectivity index (χ0) is 12.4. The van der Waals surface area contributed by atoms with Gasteiger partial charge in [-0.25, -0.2) is 0 Å². The van der Waals surface area contributed by atoms with E-state index in [1.54, 1.807) is 0 Å². The van der Waals surface area contributed by atoms with E-state index in [0.717, 1.165) is 12.2 Å². The van der Waals surface area contributed by atoms with E-state index in [0.29, 0.717) is 17.9 Å². The number of hydrogen-bond donors (Lipinski definition) is 1. The number of nitrogens with two attached hydrogens (primary N) is 1. The van der Waals surface area contributed by atoms with Crippen LogP contribution in [-0.4, -0.2) is 12.1 Å². The molecule has 0 amide bonds. The highest BCUT2D eigenvalue weighted by molar-refractivity contribution is 5.32. The molecule has 1 aromatic carbocycles. The average Bonchev–Trinajstić information content (AvgIpc) is 2.59. The van der Waals surface area contributed by atoms with Crippen LogP contribution in [-0.2, 0) is 0 Å². The molecule has 0 heterocycles. The van der Waals surface area contributed by atoms with Gasteiger partial charge in [0.15, 0.2) is 0 Å². The van der Waals surface area contributed by atoms with Crippen molar-refractivity contribution < 1.29 is 4.74 Å². The summed E-state index contributed by atoms with van der Waals surface area (Å²) in [5, 5.41) is 0. The van der Waals surface area contributed by atoms with E-state index in [2.05, 4.69) is 39.0 Å². The van der Waals surface area contributed by atoms with Gasteiger partial charge in [0.1, 0.15) is 5.75 Å². The van der Waals surface area contributed by atoms with Crippen molar-refractivity contribution in [2.45, 2.75) is 51.7 Å². The molecule has 2 heteroatoms. The van der Waals surface area contributed by atoms with E-state index in [-0.39, 0.29) is 6.10 Å². The maximum Gasteiger partial charge on any atom is 0.119 e. The van der Waals surface area contributed by atoms with Crippen LogP contribution in [0.25, 0.3) is 0 Å². The highest BCUT2D eigenvalue weighted by Gasteiger charge is 2.31. The van der Waals surface area contributed by atoms with E-state index in [1.807, 2.05) is 6.07 Å². The Hall–Kier alpha value is -1.02. The summed E-state index contributed by atoms with van der Waals surface area (Å²) >= 11 is 0. The van der Waals surface area contributed by atoms with Crippen molar-refractivity contribution in [3.8, 4) is 5.75 Å². The fraction of sp³-hybridized carbons (Fsp3) is 0.600. The smallest absolute Gasteiger partial charge is 0.119 e. The molecule has 0 radical (unpaired) electrons. The largest absolute Gasteiger partial charge is 0.491 e. The Morgan fingerprint density at radius 3 is 2.65 bits per heavy atom. The van der Waals surface area contributed by atoms with Crippen molar-refractivity contribution in [3.05, 3.63) is 29.8 Å². The fourth-order valence-corrected chi connectivity index (χ4v) is 2.76. The topological polar surface area (TPSA) is 35.2 Å². The van der Waals surface area contributed by atoms with Crippen LogP contribution >= 0.6 is 0 Å². The summed E-state index contributed by atoms with van der Waals surface area (Å²) in [6.45, 7) is 6.37. The molecule has 2 N–H and O–H groups in total. The molecule has 17 heavy (non-hydrogen) atoms. The highest BCUT2D eigenvalue weighted by atomic mass is 16.5. The quantitative estimate of drug-likeness (QED) is 0.869. The minimum atomic E-state index is 0.230. The van der Waals surface area contributed by atoms with Crippen LogP contribution in [0.1, 0.15) is 45.1 Å². The lowest BCUT2D eigenvalue weighted by Crippen LogP contribution is -2.24. The summed E-state index contributed by atoms with van der Waals surface area (Å²) in [6, 6.07) is 8.85. The first kappa shape index (κ1) is 12.4. The summed E-state index contributed by atoms with van der Waals surface area (Å²) in [5.74, 6) is 2.15. The van der Waals surface area contributed by atoms with E-state index in [1.165, 1.54) is 12.0 Å². The molecule has 1 fully saturated rings. The Morgan fingerprint density at radius 2 is 2.06 bits per heavy atom. The van der Waals surface area contributed by atoms with Gasteiger partial charge in [0.05, 0.1) is 6.10 Å². The van der Waals surface area contributed by atoms with Gasteiger partial charge in [-0.05, 0) is 56.2 Å². The second-order valence-corrected chi connectivity index (χ2v) is 5.45. The van der Waals surface area contributed by atoms with Gasteiger partial charge in [-0.2, -0.15) is 0 Å². The lowest BCUT2D eigenvalue weighted by molar-refractivity contribution is 0.242. The van der Waals surface area contributed by atoms with Gasteiger partial charge in [-0.3, -0.25) is 0 Å². The Morgan fingerprint density at radius 1 is 1.29 bits per heavy atom. The van der Waals surface area contributed by atoms with Crippen LogP contribution in [0.5, 0.6) is 5.75 Å². The predicted octanol–water partition coefficient (Wildman–Crippen LogP) is 3.31. The summed E-state index contributed by atoms with van der Waals surface area (Å²) in [7, 11) is 0. The van der Waals surface area contributed by atoms with Crippen molar-refractivity contribution in [2.24, 2.45) is 11.7 Å². The SMILES string of the molecule is CC(C)Oc1cccc(C2CCC(N)C2C)c1. The molecule has 2 nitrogen and oxygen atoms in total. The van der Waals surface area contributed by atoms with Gasteiger partial charge in [0, 0.05) is 6.04 Å². The molecule has 0 aromatic heterocycles. The Balaban J connectivity index is 2.16. The van der Waals surface area contributed by atoms with E-state index in [9.17, 15) is 0 Å². The van der Waals surface area contributed by atoms with E-state index >= 15 is 0 Å². The van der Waals surface area contributed by atoms with Gasteiger partial charge in [-0.1, -0.05) is 19.1 Å². The van der Waals surface area contributed by atoms with Gasteiger partial charge in [0.25, 0.3) is 0 Å². The molecule has 0 spiro atoms. The first-order chi connectivity index (χ1) is 8.08. The molecule has 1 aliphatic rings. The van der Waals surface area contributed by atoms with Crippen molar-refractivity contribution in [2.75, 3.05) is 0 Å². The predicted molar refractivity (Wildman–Crippen MR) is 71.3 cm³/mol. The van der Waals surface area contributed by atoms with Crippen LogP contribution < -0.4 is 10.5 Å². The molecule has 2 rings (SSSR count). The van der Waals surface area contributed by atoms with E-state index in [4.69, 9.17) is 10.5 Å². The van der Waals surface area contributed by atoms with Crippen LogP contribution in [0.4, 0.5) is 0 Å². The van der Waals surface area contributed by atoms with Gasteiger partial charge in [-0.15, -0.1) is 0 Å². The molecule has 3 unspecified atom stereocenters. The Bertz CT molecular complexity index is 375. The van der Waals surface area contributed by atoms with Crippen LogP contribution in [0.15, 0.2) is 24.3 Å². The fourth-order valence-electron chi connectivity index (χ4n) is 2.76. The normalized spacial score (nSPS) is 28.6. The summed E-state index contributed by atoms with van der Waals surface area (Å²) < 4.78 is 5.75. The first-order valence-corrected chi connectivity index (χ1v) is 6.60. The number of rotatable bonds is 3. The zero-order valence-electron chi connectivity index (χ0n) is 11.0. The van der Waals surface area contributed by atoms with E-state index < -0.39 is 0 Å². The molecule has 3 atom stereocenters.